The summed E-state index contributed by atoms with van der Waals surface area (Å²) in [6.07, 6.45) is 9.72. The van der Waals surface area contributed by atoms with Crippen molar-refractivity contribution in [3.63, 3.8) is 0 Å². The van der Waals surface area contributed by atoms with Crippen LogP contribution in [-0.2, 0) is 4.79 Å². The molecule has 0 bridgehead atoms. The third kappa shape index (κ3) is 4.11. The zero-order chi connectivity index (χ0) is 23.8. The molecule has 3 aromatic rings. The van der Waals surface area contributed by atoms with Crippen molar-refractivity contribution < 1.29 is 18.3 Å². The van der Waals surface area contributed by atoms with Crippen LogP contribution in [0.3, 0.4) is 0 Å². The number of imidazole rings is 1. The first-order chi connectivity index (χ1) is 16.4. The van der Waals surface area contributed by atoms with Gasteiger partial charge in [-0.25, -0.2) is 13.8 Å². The Morgan fingerprint density at radius 1 is 1.09 bits per heavy atom. The molecule has 2 aliphatic heterocycles. The number of methoxy groups -OCH3 is 1. The molecule has 2 fully saturated rings. The van der Waals surface area contributed by atoms with E-state index >= 15 is 0 Å². The van der Waals surface area contributed by atoms with Crippen LogP contribution in [0.5, 0.6) is 5.75 Å². The molecule has 0 unspecified atom stereocenters. The Morgan fingerprint density at radius 3 is 2.68 bits per heavy atom. The van der Waals surface area contributed by atoms with E-state index in [0.29, 0.717) is 17.7 Å². The van der Waals surface area contributed by atoms with Crippen LogP contribution in [-0.4, -0.2) is 33.5 Å². The van der Waals surface area contributed by atoms with E-state index < -0.39 is 11.6 Å². The van der Waals surface area contributed by atoms with Crippen LogP contribution >= 0.6 is 0 Å². The van der Waals surface area contributed by atoms with Gasteiger partial charge < -0.3 is 14.2 Å². The number of aryl methyl sites for hydroxylation is 1. The van der Waals surface area contributed by atoms with Crippen molar-refractivity contribution in [2.75, 3.05) is 7.11 Å². The molecule has 1 amide bonds. The molecule has 7 heteroatoms. The lowest BCUT2D eigenvalue weighted by Crippen LogP contribution is -2.36. The first kappa shape index (κ1) is 22.3. The largest absolute Gasteiger partial charge is 0.495 e. The Balaban J connectivity index is 1.46. The number of hydrogen-bond acceptors (Lipinski definition) is 3. The number of fused-ring (bicyclic) bond motifs is 1. The van der Waals surface area contributed by atoms with E-state index in [4.69, 9.17) is 4.74 Å². The fourth-order valence-corrected chi connectivity index (χ4v) is 5.21. The molecule has 2 aromatic carbocycles. The summed E-state index contributed by atoms with van der Waals surface area (Å²) < 4.78 is 34.9. The number of halogens is 2. The van der Waals surface area contributed by atoms with Crippen LogP contribution in [0.25, 0.3) is 11.8 Å². The van der Waals surface area contributed by atoms with Crippen LogP contribution in [0, 0.1) is 18.6 Å². The minimum Gasteiger partial charge on any atom is -0.495 e. The van der Waals surface area contributed by atoms with Crippen molar-refractivity contribution in [1.82, 2.24) is 14.5 Å². The van der Waals surface area contributed by atoms with Gasteiger partial charge in [-0.1, -0.05) is 12.1 Å². The fourth-order valence-electron chi connectivity index (χ4n) is 5.21. The number of amides is 1. The summed E-state index contributed by atoms with van der Waals surface area (Å²) in [5, 5.41) is 0. The second kappa shape index (κ2) is 9.05. The lowest BCUT2D eigenvalue weighted by Gasteiger charge is -2.29. The van der Waals surface area contributed by atoms with Crippen molar-refractivity contribution in [2.45, 2.75) is 51.1 Å². The Hall–Kier alpha value is -3.48. The molecular weight excluding hydrogens is 436 g/mol. The molecular formula is C27H27F2N3O2. The summed E-state index contributed by atoms with van der Waals surface area (Å²) in [4.78, 5) is 19.8. The molecule has 1 aromatic heterocycles. The fraction of sp³-hybridized carbons (Fsp3) is 0.333. The number of nitrogens with zero attached hydrogens (tertiary/aromatic N) is 3. The maximum Gasteiger partial charge on any atom is 0.250 e. The van der Waals surface area contributed by atoms with Crippen LogP contribution in [0.1, 0.15) is 55.0 Å². The van der Waals surface area contributed by atoms with Gasteiger partial charge in [-0.05, 0) is 80.5 Å². The van der Waals surface area contributed by atoms with Crippen molar-refractivity contribution in [1.29, 1.82) is 0 Å². The Kier molecular flexibility index (Phi) is 5.94. The van der Waals surface area contributed by atoms with Crippen LogP contribution in [0.15, 0.2) is 54.5 Å². The third-order valence-corrected chi connectivity index (χ3v) is 6.86. The number of rotatable bonds is 4. The highest BCUT2D eigenvalue weighted by Crippen LogP contribution is 2.42. The van der Waals surface area contributed by atoms with Gasteiger partial charge in [0.05, 0.1) is 30.9 Å². The Labute approximate surface area is 197 Å². The second-order valence-electron chi connectivity index (χ2n) is 9.05. The molecule has 0 radical (unpaired) electrons. The highest BCUT2D eigenvalue weighted by atomic mass is 19.2. The van der Waals surface area contributed by atoms with E-state index in [1.165, 1.54) is 6.07 Å². The van der Waals surface area contributed by atoms with Crippen LogP contribution < -0.4 is 4.74 Å². The number of hydrogen-bond donors (Lipinski definition) is 0. The van der Waals surface area contributed by atoms with Gasteiger partial charge in [-0.15, -0.1) is 0 Å². The van der Waals surface area contributed by atoms with Crippen molar-refractivity contribution in [3.8, 4) is 11.4 Å². The van der Waals surface area contributed by atoms with Gasteiger partial charge >= 0.3 is 0 Å². The number of ether oxygens (including phenoxy) is 1. The molecule has 5 rings (SSSR count). The number of aromatic nitrogens is 2. The van der Waals surface area contributed by atoms with Gasteiger partial charge in [-0.3, -0.25) is 4.79 Å². The topological polar surface area (TPSA) is 47.4 Å². The summed E-state index contributed by atoms with van der Waals surface area (Å²) >= 11 is 0. The molecule has 0 aliphatic carbocycles. The van der Waals surface area contributed by atoms with Crippen molar-refractivity contribution in [2.24, 2.45) is 0 Å². The van der Waals surface area contributed by atoms with E-state index in [1.807, 2.05) is 46.9 Å². The molecule has 0 saturated carbocycles. The van der Waals surface area contributed by atoms with Crippen molar-refractivity contribution in [3.05, 3.63) is 83.0 Å². The number of carbonyl (C=O) groups excluding carboxylic acids is 1. The highest BCUT2D eigenvalue weighted by molar-refractivity contribution is 5.98. The summed E-state index contributed by atoms with van der Waals surface area (Å²) in [5.74, 6) is -1.09. The maximum absolute atomic E-state index is 13.9. The molecule has 3 heterocycles. The average Bonchev–Trinajstić information content (AvgIpc) is 3.42. The quantitative estimate of drug-likeness (QED) is 0.462. The second-order valence-corrected chi connectivity index (χ2v) is 9.05. The highest BCUT2D eigenvalue weighted by Gasteiger charge is 2.40. The van der Waals surface area contributed by atoms with Gasteiger partial charge in [0.15, 0.2) is 11.6 Å². The van der Waals surface area contributed by atoms with E-state index in [0.717, 1.165) is 54.3 Å². The molecule has 0 spiro atoms. The Bertz CT molecular complexity index is 1270. The Morgan fingerprint density at radius 2 is 1.94 bits per heavy atom. The number of carbonyl (C=O) groups is 1. The van der Waals surface area contributed by atoms with Gasteiger partial charge in [-0.2, -0.15) is 0 Å². The van der Waals surface area contributed by atoms with Crippen LogP contribution in [0.4, 0.5) is 8.78 Å². The molecule has 2 atom stereocenters. The zero-order valence-electron chi connectivity index (χ0n) is 19.3. The summed E-state index contributed by atoms with van der Waals surface area (Å²) in [5.41, 5.74) is 4.04. The zero-order valence-corrected chi connectivity index (χ0v) is 19.3. The molecule has 2 aliphatic rings. The standard InChI is InChI=1S/C27H27F2N3O2/c1-17-15-31(16-30-17)25-10-6-18(13-26(25)34-2)12-20-4-3-5-21-8-11-24(32(21)27(20)33)19-7-9-22(28)23(29)14-19/h6-7,9-10,12-16,21,24H,3-5,8,11H2,1-2H3/t21-,24-/m1/s1. The smallest absolute Gasteiger partial charge is 0.250 e. The molecule has 5 nitrogen and oxygen atoms in total. The van der Waals surface area contributed by atoms with Crippen LogP contribution in [0.2, 0.25) is 0 Å². The molecule has 2 saturated heterocycles. The molecule has 34 heavy (non-hydrogen) atoms. The van der Waals surface area contributed by atoms with Gasteiger partial charge in [0.25, 0.3) is 5.91 Å². The van der Waals surface area contributed by atoms with E-state index in [9.17, 15) is 13.6 Å². The van der Waals surface area contributed by atoms with E-state index in [1.54, 1.807) is 19.5 Å². The predicted octanol–water partition coefficient (Wildman–Crippen LogP) is 5.77. The van der Waals surface area contributed by atoms with Gasteiger partial charge in [0, 0.05) is 17.8 Å². The summed E-state index contributed by atoms with van der Waals surface area (Å²) in [6, 6.07) is 9.69. The maximum atomic E-state index is 13.9. The van der Waals surface area contributed by atoms with Gasteiger partial charge in [0.1, 0.15) is 5.75 Å². The lowest BCUT2D eigenvalue weighted by molar-refractivity contribution is -0.129. The molecule has 0 N–H and O–H groups in total. The monoisotopic (exact) mass is 463 g/mol. The normalized spacial score (nSPS) is 21.6. The lowest BCUT2D eigenvalue weighted by atomic mass is 10.0. The summed E-state index contributed by atoms with van der Waals surface area (Å²) in [6.45, 7) is 1.93. The first-order valence-corrected chi connectivity index (χ1v) is 11.6. The third-order valence-electron chi connectivity index (χ3n) is 6.86. The predicted molar refractivity (Wildman–Crippen MR) is 126 cm³/mol. The van der Waals surface area contributed by atoms with E-state index in [-0.39, 0.29) is 18.0 Å². The van der Waals surface area contributed by atoms with Gasteiger partial charge in [0.2, 0.25) is 0 Å². The minimum atomic E-state index is -0.876. The minimum absolute atomic E-state index is 0.0250. The SMILES string of the molecule is COc1cc(C=C2CCC[C@@H]3CC[C@H](c4ccc(F)c(F)c4)N3C2=O)ccc1-n1cnc(C)c1. The molecule has 176 valence electrons. The summed E-state index contributed by atoms with van der Waals surface area (Å²) in [7, 11) is 1.62. The first-order valence-electron chi connectivity index (χ1n) is 11.6. The van der Waals surface area contributed by atoms with Crippen molar-refractivity contribution >= 4 is 12.0 Å². The average molecular weight is 464 g/mol. The van der Waals surface area contributed by atoms with E-state index in [2.05, 4.69) is 4.98 Å². The number of benzene rings is 2.